The zero-order valence-electron chi connectivity index (χ0n) is 16.6. The zero-order valence-corrected chi connectivity index (χ0v) is 16.6. The maximum Gasteiger partial charge on any atom is 0.274 e. The molecule has 1 amide bonds. The quantitative estimate of drug-likeness (QED) is 0.576. The predicted molar refractivity (Wildman–Crippen MR) is 109 cm³/mol. The molecule has 0 aliphatic carbocycles. The third-order valence-corrected chi connectivity index (χ3v) is 4.64. The smallest absolute Gasteiger partial charge is 0.274 e. The molecule has 3 aromatic heterocycles. The molecule has 0 radical (unpaired) electrons. The van der Waals surface area contributed by atoms with Crippen molar-refractivity contribution in [2.45, 2.75) is 40.0 Å². The van der Waals surface area contributed by atoms with E-state index in [-0.39, 0.29) is 11.3 Å². The van der Waals surface area contributed by atoms with Crippen molar-refractivity contribution in [1.29, 1.82) is 0 Å². The highest BCUT2D eigenvalue weighted by molar-refractivity contribution is 6.08. The SMILES string of the molecule is Cc1nc2nc(C(=O)Nc3c(C)ccc4cccnc34)cc(C(C)(C)C)n2n1. The molecule has 0 spiro atoms. The lowest BCUT2D eigenvalue weighted by Crippen LogP contribution is -2.22. The number of aromatic nitrogens is 5. The lowest BCUT2D eigenvalue weighted by Gasteiger charge is -2.20. The molecule has 0 aliphatic rings. The van der Waals surface area contributed by atoms with E-state index in [0.29, 0.717) is 23.0 Å². The molecule has 4 aromatic rings. The predicted octanol–water partition coefficient (Wildman–Crippen LogP) is 3.84. The van der Waals surface area contributed by atoms with Gasteiger partial charge in [-0.15, -0.1) is 0 Å². The minimum atomic E-state index is -0.296. The van der Waals surface area contributed by atoms with E-state index in [2.05, 4.69) is 46.1 Å². The van der Waals surface area contributed by atoms with Crippen LogP contribution >= 0.6 is 0 Å². The van der Waals surface area contributed by atoms with Gasteiger partial charge in [0, 0.05) is 17.0 Å². The Morgan fingerprint density at radius 3 is 2.64 bits per heavy atom. The third-order valence-electron chi connectivity index (χ3n) is 4.64. The molecule has 28 heavy (non-hydrogen) atoms. The molecular weight excluding hydrogens is 352 g/mol. The number of hydrogen-bond acceptors (Lipinski definition) is 5. The van der Waals surface area contributed by atoms with E-state index in [0.717, 1.165) is 22.2 Å². The van der Waals surface area contributed by atoms with Crippen molar-refractivity contribution in [3.8, 4) is 0 Å². The summed E-state index contributed by atoms with van der Waals surface area (Å²) < 4.78 is 1.71. The summed E-state index contributed by atoms with van der Waals surface area (Å²) >= 11 is 0. The van der Waals surface area contributed by atoms with Crippen LogP contribution < -0.4 is 5.32 Å². The summed E-state index contributed by atoms with van der Waals surface area (Å²) in [5.41, 5.74) is 3.34. The second-order valence-corrected chi connectivity index (χ2v) is 7.93. The van der Waals surface area contributed by atoms with E-state index in [4.69, 9.17) is 0 Å². The number of anilines is 1. The minimum Gasteiger partial charge on any atom is -0.318 e. The largest absolute Gasteiger partial charge is 0.318 e. The van der Waals surface area contributed by atoms with Gasteiger partial charge >= 0.3 is 0 Å². The fraction of sp³-hybridized carbons (Fsp3) is 0.286. The summed E-state index contributed by atoms with van der Waals surface area (Å²) in [5.74, 6) is 0.738. The Morgan fingerprint density at radius 1 is 1.11 bits per heavy atom. The molecule has 7 heteroatoms. The van der Waals surface area contributed by atoms with Gasteiger partial charge < -0.3 is 5.32 Å². The number of amides is 1. The summed E-state index contributed by atoms with van der Waals surface area (Å²) in [5, 5.41) is 8.39. The number of pyridine rings is 1. The molecule has 0 fully saturated rings. The maximum absolute atomic E-state index is 13.1. The van der Waals surface area contributed by atoms with Crippen LogP contribution in [0.1, 0.15) is 48.3 Å². The molecule has 3 heterocycles. The third kappa shape index (κ3) is 3.09. The first-order valence-corrected chi connectivity index (χ1v) is 9.14. The molecule has 142 valence electrons. The number of benzene rings is 1. The highest BCUT2D eigenvalue weighted by Gasteiger charge is 2.23. The average Bonchev–Trinajstić information content (AvgIpc) is 3.02. The van der Waals surface area contributed by atoms with Crippen molar-refractivity contribution < 1.29 is 4.79 Å². The molecule has 7 nitrogen and oxygen atoms in total. The Bertz CT molecular complexity index is 1220. The normalized spacial score (nSPS) is 11.9. The first-order valence-electron chi connectivity index (χ1n) is 9.14. The van der Waals surface area contributed by atoms with Crippen molar-refractivity contribution in [2.75, 3.05) is 5.32 Å². The average molecular weight is 374 g/mol. The molecule has 1 aromatic carbocycles. The van der Waals surface area contributed by atoms with Crippen LogP contribution in [0.25, 0.3) is 16.7 Å². The second-order valence-electron chi connectivity index (χ2n) is 7.93. The molecular formula is C21H22N6O. The van der Waals surface area contributed by atoms with Crippen LogP contribution in [-0.4, -0.2) is 30.5 Å². The Hall–Kier alpha value is -3.35. The van der Waals surface area contributed by atoms with Crippen LogP contribution in [-0.2, 0) is 5.41 Å². The number of rotatable bonds is 2. The first-order chi connectivity index (χ1) is 13.2. The molecule has 0 bridgehead atoms. The van der Waals surface area contributed by atoms with Gasteiger partial charge in [-0.3, -0.25) is 9.78 Å². The fourth-order valence-electron chi connectivity index (χ4n) is 3.20. The number of carbonyl (C=O) groups excluding carboxylic acids is 1. The number of carbonyl (C=O) groups is 1. The summed E-state index contributed by atoms with van der Waals surface area (Å²) in [7, 11) is 0. The van der Waals surface area contributed by atoms with Gasteiger partial charge in [0.25, 0.3) is 11.7 Å². The fourth-order valence-corrected chi connectivity index (χ4v) is 3.20. The number of hydrogen-bond donors (Lipinski definition) is 1. The topological polar surface area (TPSA) is 85.1 Å². The zero-order chi connectivity index (χ0) is 20.1. The molecule has 0 saturated carbocycles. The highest BCUT2D eigenvalue weighted by Crippen LogP contribution is 2.27. The van der Waals surface area contributed by atoms with Gasteiger partial charge in [0.15, 0.2) is 0 Å². The van der Waals surface area contributed by atoms with E-state index in [1.807, 2.05) is 38.1 Å². The van der Waals surface area contributed by atoms with Gasteiger partial charge in [-0.25, -0.2) is 9.50 Å². The molecule has 0 saturated heterocycles. The monoisotopic (exact) mass is 374 g/mol. The standard InChI is InChI=1S/C21H22N6O/c1-12-8-9-14-7-6-10-22-18(14)17(12)25-19(28)15-11-16(21(3,4)5)27-20(24-15)23-13(2)26-27/h6-11H,1-5H3,(H,25,28). The number of nitrogens with one attached hydrogen (secondary N) is 1. The van der Waals surface area contributed by atoms with Crippen molar-refractivity contribution in [3.63, 3.8) is 0 Å². The Balaban J connectivity index is 1.81. The van der Waals surface area contributed by atoms with Crippen molar-refractivity contribution in [2.24, 2.45) is 0 Å². The van der Waals surface area contributed by atoms with Crippen LogP contribution in [0.3, 0.4) is 0 Å². The van der Waals surface area contributed by atoms with Crippen molar-refractivity contribution >= 4 is 28.3 Å². The van der Waals surface area contributed by atoms with E-state index in [9.17, 15) is 4.79 Å². The molecule has 0 atom stereocenters. The van der Waals surface area contributed by atoms with Crippen molar-refractivity contribution in [1.82, 2.24) is 24.6 Å². The molecule has 0 unspecified atom stereocenters. The number of nitrogens with zero attached hydrogens (tertiary/aromatic N) is 5. The lowest BCUT2D eigenvalue weighted by molar-refractivity contribution is 0.102. The Morgan fingerprint density at radius 2 is 1.89 bits per heavy atom. The summed E-state index contributed by atoms with van der Waals surface area (Å²) in [6.45, 7) is 9.96. The van der Waals surface area contributed by atoms with Gasteiger partial charge in [-0.1, -0.05) is 39.0 Å². The highest BCUT2D eigenvalue weighted by atomic mass is 16.1. The van der Waals surface area contributed by atoms with Crippen LogP contribution in [0.2, 0.25) is 0 Å². The first kappa shape index (κ1) is 18.0. The van der Waals surface area contributed by atoms with Crippen LogP contribution in [0, 0.1) is 13.8 Å². The van der Waals surface area contributed by atoms with E-state index >= 15 is 0 Å². The van der Waals surface area contributed by atoms with Crippen LogP contribution in [0.5, 0.6) is 0 Å². The van der Waals surface area contributed by atoms with E-state index < -0.39 is 0 Å². The molecule has 4 rings (SSSR count). The summed E-state index contributed by atoms with van der Waals surface area (Å²) in [6, 6.07) is 9.60. The molecule has 0 aliphatic heterocycles. The van der Waals surface area contributed by atoms with Crippen molar-refractivity contribution in [3.05, 3.63) is 59.3 Å². The maximum atomic E-state index is 13.1. The number of aryl methyl sites for hydroxylation is 2. The van der Waals surface area contributed by atoms with E-state index in [1.54, 1.807) is 16.8 Å². The Kier molecular flexibility index (Phi) is 4.10. The van der Waals surface area contributed by atoms with Gasteiger partial charge in [-0.2, -0.15) is 10.1 Å². The van der Waals surface area contributed by atoms with Gasteiger partial charge in [-0.05, 0) is 31.5 Å². The second kappa shape index (κ2) is 6.37. The minimum absolute atomic E-state index is 0.229. The van der Waals surface area contributed by atoms with Gasteiger partial charge in [0.1, 0.15) is 11.5 Å². The molecule has 1 N–H and O–H groups in total. The van der Waals surface area contributed by atoms with Gasteiger partial charge in [0.05, 0.1) is 16.9 Å². The lowest BCUT2D eigenvalue weighted by atomic mass is 9.91. The van der Waals surface area contributed by atoms with E-state index in [1.165, 1.54) is 0 Å². The number of fused-ring (bicyclic) bond motifs is 2. The summed E-state index contributed by atoms with van der Waals surface area (Å²) in [4.78, 5) is 26.3. The Labute approximate surface area is 162 Å². The van der Waals surface area contributed by atoms with Crippen LogP contribution in [0.15, 0.2) is 36.5 Å². The summed E-state index contributed by atoms with van der Waals surface area (Å²) in [6.07, 6.45) is 1.72. The van der Waals surface area contributed by atoms with Gasteiger partial charge in [0.2, 0.25) is 0 Å². The van der Waals surface area contributed by atoms with Crippen LogP contribution in [0.4, 0.5) is 5.69 Å².